The van der Waals surface area contributed by atoms with Crippen molar-refractivity contribution in [3.8, 4) is 0 Å². The predicted molar refractivity (Wildman–Crippen MR) is 85.5 cm³/mol. The highest BCUT2D eigenvalue weighted by molar-refractivity contribution is 6.17. The summed E-state index contributed by atoms with van der Waals surface area (Å²) in [6, 6.07) is 7.18. The molecule has 5 heteroatoms. The van der Waals surface area contributed by atoms with Gasteiger partial charge in [0.2, 0.25) is 5.91 Å². The monoisotopic (exact) mass is 310 g/mol. The molecule has 1 N–H and O–H groups in total. The summed E-state index contributed by atoms with van der Waals surface area (Å²) in [7, 11) is 0. The van der Waals surface area contributed by atoms with Gasteiger partial charge in [-0.25, -0.2) is 0 Å². The summed E-state index contributed by atoms with van der Waals surface area (Å²) in [4.78, 5) is 25.8. The second-order valence-corrected chi connectivity index (χ2v) is 5.17. The molecule has 21 heavy (non-hydrogen) atoms. The van der Waals surface area contributed by atoms with Gasteiger partial charge in [-0.1, -0.05) is 26.0 Å². The van der Waals surface area contributed by atoms with Gasteiger partial charge in [0, 0.05) is 24.5 Å². The topological polar surface area (TPSA) is 49.4 Å². The van der Waals surface area contributed by atoms with Crippen LogP contribution in [0.4, 0.5) is 0 Å². The van der Waals surface area contributed by atoms with E-state index in [0.29, 0.717) is 24.5 Å². The van der Waals surface area contributed by atoms with E-state index >= 15 is 0 Å². The Morgan fingerprint density at radius 3 is 2.33 bits per heavy atom. The van der Waals surface area contributed by atoms with Crippen molar-refractivity contribution in [3.63, 3.8) is 0 Å². The first kappa shape index (κ1) is 17.5. The van der Waals surface area contributed by atoms with Crippen molar-refractivity contribution < 1.29 is 9.59 Å². The van der Waals surface area contributed by atoms with Gasteiger partial charge in [0.1, 0.15) is 0 Å². The minimum absolute atomic E-state index is 0.101. The quantitative estimate of drug-likeness (QED) is 0.751. The third kappa shape index (κ3) is 5.76. The van der Waals surface area contributed by atoms with E-state index in [4.69, 9.17) is 11.6 Å². The van der Waals surface area contributed by atoms with Crippen LogP contribution in [0.2, 0.25) is 0 Å². The smallest absolute Gasteiger partial charge is 0.254 e. The molecule has 0 bridgehead atoms. The van der Waals surface area contributed by atoms with Crippen LogP contribution in [0.5, 0.6) is 0 Å². The highest BCUT2D eigenvalue weighted by Crippen LogP contribution is 2.10. The number of halogens is 1. The molecule has 0 heterocycles. The average molecular weight is 311 g/mol. The number of nitrogens with zero attached hydrogens (tertiary/aromatic N) is 1. The molecule has 2 amide bonds. The fraction of sp³-hybridized carbons (Fsp3) is 0.500. The van der Waals surface area contributed by atoms with Gasteiger partial charge in [-0.2, -0.15) is 0 Å². The van der Waals surface area contributed by atoms with Crippen molar-refractivity contribution in [1.29, 1.82) is 0 Å². The molecule has 1 aromatic rings. The number of amides is 2. The summed E-state index contributed by atoms with van der Waals surface area (Å²) >= 11 is 5.74. The van der Waals surface area contributed by atoms with Crippen LogP contribution in [0, 0.1) is 0 Å². The Hall–Kier alpha value is -1.55. The molecule has 1 rings (SSSR count). The Balaban J connectivity index is 2.73. The number of nitrogens with one attached hydrogen (secondary N) is 1. The van der Waals surface area contributed by atoms with Gasteiger partial charge in [-0.05, 0) is 30.5 Å². The summed E-state index contributed by atoms with van der Waals surface area (Å²) in [6.07, 6.45) is 1.69. The van der Waals surface area contributed by atoms with E-state index < -0.39 is 0 Å². The normalized spacial score (nSPS) is 10.2. The fourth-order valence-electron chi connectivity index (χ4n) is 1.93. The van der Waals surface area contributed by atoms with Crippen LogP contribution >= 0.6 is 11.6 Å². The van der Waals surface area contributed by atoms with Crippen molar-refractivity contribution in [2.45, 2.75) is 32.6 Å². The van der Waals surface area contributed by atoms with Gasteiger partial charge < -0.3 is 10.2 Å². The lowest BCUT2D eigenvalue weighted by atomic mass is 10.1. The molecule has 1 aromatic carbocycles. The second kappa shape index (κ2) is 9.40. The number of hydrogen-bond acceptors (Lipinski definition) is 2. The molecule has 0 aromatic heterocycles. The van der Waals surface area contributed by atoms with Crippen molar-refractivity contribution in [3.05, 3.63) is 35.4 Å². The maximum atomic E-state index is 12.5. The SMILES string of the molecule is CCCNC(=O)CN(CCC)C(=O)c1ccc(CCl)cc1. The maximum Gasteiger partial charge on any atom is 0.254 e. The molecule has 116 valence electrons. The largest absolute Gasteiger partial charge is 0.355 e. The first-order chi connectivity index (χ1) is 10.1. The third-order valence-electron chi connectivity index (χ3n) is 3.04. The summed E-state index contributed by atoms with van der Waals surface area (Å²) in [6.45, 7) is 5.28. The van der Waals surface area contributed by atoms with E-state index in [-0.39, 0.29) is 18.4 Å². The first-order valence-corrected chi connectivity index (χ1v) is 7.86. The zero-order valence-electron chi connectivity index (χ0n) is 12.7. The van der Waals surface area contributed by atoms with Gasteiger partial charge >= 0.3 is 0 Å². The number of benzene rings is 1. The molecule has 0 aliphatic rings. The second-order valence-electron chi connectivity index (χ2n) is 4.91. The summed E-state index contributed by atoms with van der Waals surface area (Å²) in [5.74, 6) is 0.188. The highest BCUT2D eigenvalue weighted by Gasteiger charge is 2.17. The summed E-state index contributed by atoms with van der Waals surface area (Å²) < 4.78 is 0. The van der Waals surface area contributed by atoms with Crippen LogP contribution in [0.3, 0.4) is 0 Å². The maximum absolute atomic E-state index is 12.5. The van der Waals surface area contributed by atoms with Crippen molar-refractivity contribution >= 4 is 23.4 Å². The minimum Gasteiger partial charge on any atom is -0.355 e. The molecule has 0 atom stereocenters. The van der Waals surface area contributed by atoms with E-state index in [0.717, 1.165) is 18.4 Å². The van der Waals surface area contributed by atoms with Gasteiger partial charge in [-0.3, -0.25) is 9.59 Å². The van der Waals surface area contributed by atoms with E-state index in [2.05, 4.69) is 5.32 Å². The zero-order valence-corrected chi connectivity index (χ0v) is 13.4. The molecular formula is C16H23ClN2O2. The van der Waals surface area contributed by atoms with Gasteiger partial charge in [0.05, 0.1) is 6.54 Å². The fourth-order valence-corrected chi connectivity index (χ4v) is 2.11. The van der Waals surface area contributed by atoms with Crippen LogP contribution in [0.1, 0.15) is 42.6 Å². The Bertz CT molecular complexity index is 460. The minimum atomic E-state index is -0.121. The average Bonchev–Trinajstić information content (AvgIpc) is 2.52. The van der Waals surface area contributed by atoms with Crippen molar-refractivity contribution in [2.75, 3.05) is 19.6 Å². The predicted octanol–water partition coefficient (Wildman–Crippen LogP) is 2.80. The van der Waals surface area contributed by atoms with E-state index in [1.165, 1.54) is 0 Å². The van der Waals surface area contributed by atoms with E-state index in [1.54, 1.807) is 17.0 Å². The number of rotatable bonds is 8. The summed E-state index contributed by atoms with van der Waals surface area (Å²) in [5.41, 5.74) is 1.55. The number of carbonyl (C=O) groups is 2. The van der Waals surface area contributed by atoms with Gasteiger partial charge in [0.25, 0.3) is 5.91 Å². The Kier molecular flexibility index (Phi) is 7.83. The lowest BCUT2D eigenvalue weighted by Crippen LogP contribution is -2.41. The van der Waals surface area contributed by atoms with Crippen molar-refractivity contribution in [2.24, 2.45) is 0 Å². The van der Waals surface area contributed by atoms with Gasteiger partial charge in [0.15, 0.2) is 0 Å². The van der Waals surface area contributed by atoms with Crippen LogP contribution in [0.15, 0.2) is 24.3 Å². The Labute approximate surface area is 131 Å². The molecule has 0 fully saturated rings. The number of alkyl halides is 1. The van der Waals surface area contributed by atoms with Crippen LogP contribution in [-0.2, 0) is 10.7 Å². The lowest BCUT2D eigenvalue weighted by molar-refractivity contribution is -0.121. The van der Waals surface area contributed by atoms with Crippen LogP contribution < -0.4 is 5.32 Å². The standard InChI is InChI=1S/C16H23ClN2O2/c1-3-9-18-15(20)12-19(10-4-2)16(21)14-7-5-13(11-17)6-8-14/h5-8H,3-4,9-12H2,1-2H3,(H,18,20). The van der Waals surface area contributed by atoms with E-state index in [1.807, 2.05) is 26.0 Å². The Morgan fingerprint density at radius 1 is 1.14 bits per heavy atom. The lowest BCUT2D eigenvalue weighted by Gasteiger charge is -2.21. The van der Waals surface area contributed by atoms with E-state index in [9.17, 15) is 9.59 Å². The zero-order chi connectivity index (χ0) is 15.7. The molecule has 4 nitrogen and oxygen atoms in total. The molecule has 0 saturated carbocycles. The molecular weight excluding hydrogens is 288 g/mol. The van der Waals surface area contributed by atoms with Crippen LogP contribution in [0.25, 0.3) is 0 Å². The molecule has 0 radical (unpaired) electrons. The molecule has 0 saturated heterocycles. The Morgan fingerprint density at radius 2 is 1.81 bits per heavy atom. The molecule has 0 aliphatic heterocycles. The molecule has 0 spiro atoms. The van der Waals surface area contributed by atoms with Gasteiger partial charge in [-0.15, -0.1) is 11.6 Å². The highest BCUT2D eigenvalue weighted by atomic mass is 35.5. The number of carbonyl (C=O) groups excluding carboxylic acids is 2. The number of hydrogen-bond donors (Lipinski definition) is 1. The molecule has 0 unspecified atom stereocenters. The molecule has 0 aliphatic carbocycles. The third-order valence-corrected chi connectivity index (χ3v) is 3.35. The summed E-state index contributed by atoms with van der Waals surface area (Å²) in [5, 5.41) is 2.80. The van der Waals surface area contributed by atoms with Crippen molar-refractivity contribution in [1.82, 2.24) is 10.2 Å². The van der Waals surface area contributed by atoms with Crippen LogP contribution in [-0.4, -0.2) is 36.3 Å². The first-order valence-electron chi connectivity index (χ1n) is 7.33.